The standard InChI is InChI=1S/C8H11ClF3N2OS/c1-14(2)7(8(10,11)12)6(9)5(13-14)4-16(3)15/h4H2,1-3H3/q+1. The molecule has 1 aliphatic rings. The van der Waals surface area contributed by atoms with Crippen molar-refractivity contribution in [3.8, 4) is 0 Å². The lowest BCUT2D eigenvalue weighted by Crippen LogP contribution is -2.37. The van der Waals surface area contributed by atoms with Crippen LogP contribution in [-0.4, -0.2) is 46.8 Å². The van der Waals surface area contributed by atoms with Crippen LogP contribution in [0.1, 0.15) is 0 Å². The zero-order valence-corrected chi connectivity index (χ0v) is 10.5. The molecule has 16 heavy (non-hydrogen) atoms. The molecule has 0 spiro atoms. The lowest BCUT2D eigenvalue weighted by atomic mass is 10.3. The van der Waals surface area contributed by atoms with Crippen LogP contribution in [0.25, 0.3) is 0 Å². The van der Waals surface area contributed by atoms with Gasteiger partial charge in [0, 0.05) is 17.1 Å². The zero-order valence-electron chi connectivity index (χ0n) is 8.93. The summed E-state index contributed by atoms with van der Waals surface area (Å²) in [5.74, 6) is -0.0694. The molecule has 0 saturated carbocycles. The SMILES string of the molecule is CS(=O)CC1=N[N+](C)(C)C(C(F)(F)F)=C1Cl. The van der Waals surface area contributed by atoms with Gasteiger partial charge in [0.2, 0.25) is 0 Å². The number of hydrogen-bond acceptors (Lipinski definition) is 2. The van der Waals surface area contributed by atoms with Crippen molar-refractivity contribution in [2.24, 2.45) is 5.10 Å². The van der Waals surface area contributed by atoms with Crippen molar-refractivity contribution in [3.63, 3.8) is 0 Å². The molecular weight excluding hydrogens is 265 g/mol. The lowest BCUT2D eigenvalue weighted by Gasteiger charge is -2.21. The van der Waals surface area contributed by atoms with E-state index in [9.17, 15) is 17.4 Å². The van der Waals surface area contributed by atoms with Crippen molar-refractivity contribution in [1.82, 2.24) is 0 Å². The van der Waals surface area contributed by atoms with E-state index in [0.717, 1.165) is 0 Å². The molecule has 1 aliphatic heterocycles. The van der Waals surface area contributed by atoms with Crippen LogP contribution in [0.3, 0.4) is 0 Å². The van der Waals surface area contributed by atoms with Crippen LogP contribution in [0.2, 0.25) is 0 Å². The predicted molar refractivity (Wildman–Crippen MR) is 57.4 cm³/mol. The summed E-state index contributed by atoms with van der Waals surface area (Å²) in [4.78, 5) is 0. The largest absolute Gasteiger partial charge is 0.471 e. The zero-order chi connectivity index (χ0) is 12.7. The van der Waals surface area contributed by atoms with Crippen molar-refractivity contribution in [3.05, 3.63) is 10.7 Å². The smallest absolute Gasteiger partial charge is 0.259 e. The van der Waals surface area contributed by atoms with E-state index in [0.29, 0.717) is 0 Å². The van der Waals surface area contributed by atoms with Crippen LogP contribution in [0.4, 0.5) is 13.2 Å². The van der Waals surface area contributed by atoms with Gasteiger partial charge < -0.3 is 0 Å². The summed E-state index contributed by atoms with van der Waals surface area (Å²) in [7, 11) is 1.27. The molecule has 1 rings (SSSR count). The Bertz CT molecular complexity index is 401. The second kappa shape index (κ2) is 4.12. The maximum atomic E-state index is 12.7. The van der Waals surface area contributed by atoms with Gasteiger partial charge in [-0.05, 0) is 0 Å². The molecule has 0 N–H and O–H groups in total. The molecule has 0 bridgehead atoms. The Balaban J connectivity index is 3.20. The van der Waals surface area contributed by atoms with Crippen LogP contribution < -0.4 is 0 Å². The van der Waals surface area contributed by atoms with Gasteiger partial charge in [0.05, 0.1) is 19.8 Å². The fraction of sp³-hybridized carbons (Fsp3) is 0.625. The Morgan fingerprint density at radius 1 is 1.44 bits per heavy atom. The maximum Gasteiger partial charge on any atom is 0.471 e. The maximum absolute atomic E-state index is 12.7. The summed E-state index contributed by atoms with van der Waals surface area (Å²) in [5.41, 5.74) is -0.880. The molecule has 0 aliphatic carbocycles. The van der Waals surface area contributed by atoms with Crippen LogP contribution in [0, 0.1) is 0 Å². The Kier molecular flexibility index (Phi) is 3.52. The van der Waals surface area contributed by atoms with Gasteiger partial charge in [-0.1, -0.05) is 16.7 Å². The van der Waals surface area contributed by atoms with Crippen LogP contribution in [0.15, 0.2) is 15.8 Å². The van der Waals surface area contributed by atoms with E-state index in [1.807, 2.05) is 0 Å². The third kappa shape index (κ3) is 2.64. The molecule has 1 atom stereocenters. The summed E-state index contributed by atoms with van der Waals surface area (Å²) in [6.07, 6.45) is -3.15. The molecule has 3 nitrogen and oxygen atoms in total. The van der Waals surface area contributed by atoms with Crippen LogP contribution in [-0.2, 0) is 10.8 Å². The van der Waals surface area contributed by atoms with Crippen molar-refractivity contribution >= 4 is 28.1 Å². The summed E-state index contributed by atoms with van der Waals surface area (Å²) in [5, 5.41) is 3.39. The fourth-order valence-corrected chi connectivity index (χ4v) is 2.58. The molecule has 1 unspecified atom stereocenters. The number of hydrogen-bond donors (Lipinski definition) is 0. The molecule has 8 heteroatoms. The van der Waals surface area contributed by atoms with Gasteiger partial charge in [-0.3, -0.25) is 4.21 Å². The first-order valence-corrected chi connectivity index (χ1v) is 6.37. The van der Waals surface area contributed by atoms with Gasteiger partial charge >= 0.3 is 6.18 Å². The molecule has 0 aromatic carbocycles. The highest BCUT2D eigenvalue weighted by Crippen LogP contribution is 2.40. The number of alkyl halides is 3. The van der Waals surface area contributed by atoms with E-state index in [4.69, 9.17) is 11.6 Å². The van der Waals surface area contributed by atoms with Gasteiger partial charge in [0.1, 0.15) is 10.7 Å². The summed E-state index contributed by atoms with van der Waals surface area (Å²) >= 11 is 5.64. The first-order chi connectivity index (χ1) is 7.05. The minimum Gasteiger partial charge on any atom is -0.259 e. The number of nitrogens with zero attached hydrogens (tertiary/aromatic N) is 2. The fourth-order valence-electron chi connectivity index (χ4n) is 1.49. The van der Waals surface area contributed by atoms with Gasteiger partial charge in [-0.25, -0.2) is 0 Å². The van der Waals surface area contributed by atoms with Crippen molar-refractivity contribution in [1.29, 1.82) is 0 Å². The van der Waals surface area contributed by atoms with Crippen molar-refractivity contribution in [2.45, 2.75) is 6.18 Å². The molecule has 0 aromatic heterocycles. The topological polar surface area (TPSA) is 29.4 Å². The first kappa shape index (κ1) is 13.7. The number of halogens is 4. The third-order valence-corrected chi connectivity index (χ3v) is 3.06. The Morgan fingerprint density at radius 3 is 2.25 bits per heavy atom. The highest BCUT2D eigenvalue weighted by atomic mass is 35.5. The van der Waals surface area contributed by atoms with E-state index in [1.165, 1.54) is 20.4 Å². The number of allylic oxidation sites excluding steroid dienone is 2. The average molecular weight is 276 g/mol. The van der Waals surface area contributed by atoms with Gasteiger partial charge in [0.15, 0.2) is 0 Å². The molecule has 92 valence electrons. The molecule has 0 saturated heterocycles. The predicted octanol–water partition coefficient (Wildman–Crippen LogP) is 1.82. The second-order valence-corrected chi connectivity index (χ2v) is 5.63. The van der Waals surface area contributed by atoms with E-state index in [2.05, 4.69) is 5.10 Å². The third-order valence-electron chi connectivity index (χ3n) is 1.99. The molecule has 0 amide bonds. The van der Waals surface area contributed by atoms with Gasteiger partial charge in [0.25, 0.3) is 5.70 Å². The molecule has 0 fully saturated rings. The van der Waals surface area contributed by atoms with E-state index < -0.39 is 32.3 Å². The summed E-state index contributed by atoms with van der Waals surface area (Å²) in [6.45, 7) is 0. The Hall–Kier alpha value is -0.400. The molecular formula is C8H11ClF3N2OS+. The number of rotatable bonds is 2. The second-order valence-electron chi connectivity index (χ2n) is 3.82. The Labute approximate surface area is 98.6 Å². The van der Waals surface area contributed by atoms with Crippen LogP contribution in [0.5, 0.6) is 0 Å². The quantitative estimate of drug-likeness (QED) is 0.707. The van der Waals surface area contributed by atoms with Gasteiger partial charge in [-0.2, -0.15) is 17.8 Å². The minimum absolute atomic E-state index is 0.0415. The van der Waals surface area contributed by atoms with Crippen LogP contribution >= 0.6 is 11.6 Å². The van der Waals surface area contributed by atoms with E-state index in [-0.39, 0.29) is 11.5 Å². The lowest BCUT2D eigenvalue weighted by molar-refractivity contribution is -0.865. The highest BCUT2D eigenvalue weighted by Gasteiger charge is 2.53. The first-order valence-electron chi connectivity index (χ1n) is 4.26. The normalized spacial score (nSPS) is 22.3. The monoisotopic (exact) mass is 275 g/mol. The minimum atomic E-state index is -4.54. The average Bonchev–Trinajstić information content (AvgIpc) is 2.17. The summed E-state index contributed by atoms with van der Waals surface area (Å²) in [6, 6.07) is 0. The van der Waals surface area contributed by atoms with E-state index in [1.54, 1.807) is 0 Å². The molecule has 0 aromatic rings. The molecule has 1 heterocycles. The highest BCUT2D eigenvalue weighted by molar-refractivity contribution is 7.85. The van der Waals surface area contributed by atoms with Crippen molar-refractivity contribution < 1.29 is 22.0 Å². The number of quaternary nitrogens is 1. The Morgan fingerprint density at radius 2 is 1.94 bits per heavy atom. The van der Waals surface area contributed by atoms with Crippen molar-refractivity contribution in [2.75, 3.05) is 26.1 Å². The molecule has 0 radical (unpaired) electrons. The van der Waals surface area contributed by atoms with E-state index >= 15 is 0 Å². The summed E-state index contributed by atoms with van der Waals surface area (Å²) < 4.78 is 48.4. The van der Waals surface area contributed by atoms with Gasteiger partial charge in [-0.15, -0.1) is 0 Å².